The van der Waals surface area contributed by atoms with Crippen LogP contribution in [0.5, 0.6) is 0 Å². The van der Waals surface area contributed by atoms with Gasteiger partial charge in [-0.2, -0.15) is 0 Å². The normalized spacial score (nSPS) is 49.7. The van der Waals surface area contributed by atoms with Gasteiger partial charge in [-0.3, -0.25) is 0 Å². The van der Waals surface area contributed by atoms with Crippen LogP contribution in [0.3, 0.4) is 0 Å². The first kappa shape index (κ1) is 17.0. The van der Waals surface area contributed by atoms with E-state index in [4.69, 9.17) is 116 Å². The zero-order chi connectivity index (χ0) is 14.3. The van der Waals surface area contributed by atoms with E-state index >= 15 is 0 Å². The summed E-state index contributed by atoms with van der Waals surface area (Å²) in [6.07, 6.45) is 0. The van der Waals surface area contributed by atoms with Crippen molar-refractivity contribution in [1.82, 2.24) is 0 Å². The third-order valence-electron chi connectivity index (χ3n) is 3.15. The van der Waals surface area contributed by atoms with Crippen molar-refractivity contribution in [2.24, 2.45) is 0 Å². The molecule has 0 aliphatic heterocycles. The Morgan fingerprint density at radius 2 is 1.17 bits per heavy atom. The van der Waals surface area contributed by atoms with E-state index in [0.29, 0.717) is 0 Å². The minimum absolute atomic E-state index is 0.111. The summed E-state index contributed by atoms with van der Waals surface area (Å²) in [4.78, 5) is -3.43. The number of alkyl halides is 8. The summed E-state index contributed by atoms with van der Waals surface area (Å²) in [5, 5.41) is -2.58. The third-order valence-corrected chi connectivity index (χ3v) is 10.2. The van der Waals surface area contributed by atoms with Gasteiger partial charge in [0.05, 0.1) is 20.8 Å². The van der Waals surface area contributed by atoms with Gasteiger partial charge in [0.1, 0.15) is 9.75 Å². The smallest absolute Gasteiger partial charge is 0.118 e. The van der Waals surface area contributed by atoms with Crippen molar-refractivity contribution in [3.05, 3.63) is 10.1 Å². The largest absolute Gasteiger partial charge is 0.177 e. The van der Waals surface area contributed by atoms with Crippen LogP contribution in [-0.2, 0) is 0 Å². The molecule has 18 heavy (non-hydrogen) atoms. The Morgan fingerprint density at radius 1 is 0.722 bits per heavy atom. The first-order valence-electron chi connectivity index (χ1n) is 4.35. The highest BCUT2D eigenvalue weighted by molar-refractivity contribution is 6.70. The van der Waals surface area contributed by atoms with Crippen molar-refractivity contribution in [2.75, 3.05) is 0 Å². The maximum absolute atomic E-state index is 6.43. The van der Waals surface area contributed by atoms with Crippen molar-refractivity contribution in [3.8, 4) is 0 Å². The van der Waals surface area contributed by atoms with Crippen molar-refractivity contribution < 1.29 is 0 Å². The summed E-state index contributed by atoms with van der Waals surface area (Å²) in [6.45, 7) is 0. The summed E-state index contributed by atoms with van der Waals surface area (Å²) in [6, 6.07) is 0. The summed E-state index contributed by atoms with van der Waals surface area (Å²) in [5.74, 6) is 0. The van der Waals surface area contributed by atoms with Crippen LogP contribution in [0.4, 0.5) is 0 Å². The average Bonchev–Trinajstić information content (AvgIpc) is 2.46. The lowest BCUT2D eigenvalue weighted by molar-refractivity contribution is 0.546. The lowest BCUT2D eigenvalue weighted by Crippen LogP contribution is -2.55. The zero-order valence-electron chi connectivity index (χ0n) is 7.93. The molecule has 0 N–H and O–H groups in total. The van der Waals surface area contributed by atoms with Crippen molar-refractivity contribution in [3.63, 3.8) is 0 Å². The number of halogens is 10. The number of rotatable bonds is 0. The van der Waals surface area contributed by atoms with Crippen LogP contribution in [0.2, 0.25) is 0 Å². The predicted molar refractivity (Wildman–Crippen MR) is 84.1 cm³/mol. The minimum atomic E-state index is -1.86. The van der Waals surface area contributed by atoms with Crippen LogP contribution in [0.15, 0.2) is 10.1 Å². The van der Waals surface area contributed by atoms with E-state index in [1.54, 1.807) is 0 Å². The van der Waals surface area contributed by atoms with Crippen LogP contribution in [-0.4, -0.2) is 29.2 Å². The molecule has 0 saturated heterocycles. The molecule has 2 aliphatic carbocycles. The molecule has 104 valence electrons. The second kappa shape index (κ2) is 4.57. The topological polar surface area (TPSA) is 0 Å². The monoisotopic (exact) mass is 448 g/mol. The van der Waals surface area contributed by atoms with Gasteiger partial charge in [0.25, 0.3) is 0 Å². The second-order valence-corrected chi connectivity index (χ2v) is 9.62. The molecule has 0 bridgehead atoms. The van der Waals surface area contributed by atoms with Gasteiger partial charge in [-0.15, -0.1) is 46.4 Å². The van der Waals surface area contributed by atoms with Gasteiger partial charge < -0.3 is 0 Å². The molecule has 0 aromatic heterocycles. The maximum Gasteiger partial charge on any atom is 0.177 e. The fourth-order valence-electron chi connectivity index (χ4n) is 2.14. The lowest BCUT2D eigenvalue weighted by Gasteiger charge is -2.39. The van der Waals surface area contributed by atoms with Gasteiger partial charge in [0, 0.05) is 0 Å². The van der Waals surface area contributed by atoms with E-state index in [2.05, 4.69) is 0 Å². The molecule has 4 atom stereocenters. The highest BCUT2D eigenvalue weighted by atomic mass is 35.5. The van der Waals surface area contributed by atoms with Crippen LogP contribution >= 0.6 is 116 Å². The van der Waals surface area contributed by atoms with E-state index in [0.717, 1.165) is 0 Å². The van der Waals surface area contributed by atoms with Crippen molar-refractivity contribution >= 4 is 116 Å². The molecule has 2 rings (SSSR count). The Balaban J connectivity index is 2.79. The van der Waals surface area contributed by atoms with Crippen LogP contribution in [0.25, 0.3) is 0 Å². The highest BCUT2D eigenvalue weighted by Crippen LogP contribution is 2.75. The molecule has 0 aromatic rings. The Hall–Kier alpha value is 2.64. The van der Waals surface area contributed by atoms with Crippen molar-refractivity contribution in [2.45, 2.75) is 29.2 Å². The summed E-state index contributed by atoms with van der Waals surface area (Å²) in [5.41, 5.74) is 0. The van der Waals surface area contributed by atoms with E-state index in [1.165, 1.54) is 0 Å². The number of hydrogen-bond donors (Lipinski definition) is 0. The molecular formula is C8H2Cl10. The molecule has 0 heterocycles. The van der Waals surface area contributed by atoms with Crippen LogP contribution in [0, 0.1) is 0 Å². The van der Waals surface area contributed by atoms with E-state index < -0.39 is 29.2 Å². The Bertz CT molecular complexity index is 441. The Kier molecular flexibility index (Phi) is 4.32. The van der Waals surface area contributed by atoms with Gasteiger partial charge >= 0.3 is 0 Å². The standard InChI is InChI=1S/C8H2Cl10/c9-1-2(10)8(17,18)7(16)4(12)6(14,15)3(11)5(1,7)13/h3-4H. The van der Waals surface area contributed by atoms with Gasteiger partial charge in [0.2, 0.25) is 0 Å². The molecule has 0 amide bonds. The van der Waals surface area contributed by atoms with Crippen LogP contribution in [0.1, 0.15) is 0 Å². The zero-order valence-corrected chi connectivity index (χ0v) is 15.5. The second-order valence-electron chi connectivity index (χ2n) is 4.03. The molecule has 0 nitrogen and oxygen atoms in total. The summed E-state index contributed by atoms with van der Waals surface area (Å²) in [7, 11) is 0. The van der Waals surface area contributed by atoms with Crippen molar-refractivity contribution in [1.29, 1.82) is 0 Å². The van der Waals surface area contributed by atoms with Gasteiger partial charge in [-0.05, 0) is 0 Å². The van der Waals surface area contributed by atoms with Crippen LogP contribution < -0.4 is 0 Å². The molecular weight excluding hydrogens is 451 g/mol. The Morgan fingerprint density at radius 3 is 1.56 bits per heavy atom. The van der Waals surface area contributed by atoms with Gasteiger partial charge in [-0.25, -0.2) is 0 Å². The molecule has 0 spiro atoms. The highest BCUT2D eigenvalue weighted by Gasteiger charge is 2.84. The summed E-state index contributed by atoms with van der Waals surface area (Å²) < 4.78 is -3.54. The lowest BCUT2D eigenvalue weighted by atomic mass is 9.96. The minimum Gasteiger partial charge on any atom is -0.118 e. The average molecular weight is 453 g/mol. The molecule has 0 aromatic carbocycles. The molecule has 4 unspecified atom stereocenters. The fourth-order valence-corrected chi connectivity index (χ4v) is 6.96. The molecule has 1 fully saturated rings. The Labute approximate surface area is 154 Å². The van der Waals surface area contributed by atoms with Gasteiger partial charge in [-0.1, -0.05) is 69.6 Å². The number of hydrogen-bond acceptors (Lipinski definition) is 0. The first-order valence-corrected chi connectivity index (χ1v) is 8.25. The van der Waals surface area contributed by atoms with E-state index in [-0.39, 0.29) is 10.1 Å². The van der Waals surface area contributed by atoms with E-state index in [1.807, 2.05) is 0 Å². The molecule has 1 saturated carbocycles. The fraction of sp³-hybridized carbons (Fsp3) is 0.750. The maximum atomic E-state index is 6.43. The summed E-state index contributed by atoms with van der Waals surface area (Å²) >= 11 is 61.7. The van der Waals surface area contributed by atoms with E-state index in [9.17, 15) is 0 Å². The SMILES string of the molecule is ClC1=C(Cl)C2(Cl)C(Cl)C(Cl)(Cl)C(Cl)C2(Cl)C1(Cl)Cl. The molecule has 0 radical (unpaired) electrons. The quantitative estimate of drug-likeness (QED) is 0.383. The van der Waals surface area contributed by atoms with Gasteiger partial charge in [0.15, 0.2) is 8.67 Å². The predicted octanol–water partition coefficient (Wildman–Crippen LogP) is 6.22. The number of allylic oxidation sites excluding steroid dienone is 2. The first-order chi connectivity index (χ1) is 7.87. The molecule has 10 heteroatoms. The number of fused-ring (bicyclic) bond motifs is 1. The molecule has 2 aliphatic rings. The third kappa shape index (κ3) is 1.58.